The summed E-state index contributed by atoms with van der Waals surface area (Å²) >= 11 is 0. The number of hydrogen-bond acceptors (Lipinski definition) is 3. The van der Waals surface area contributed by atoms with Crippen LogP contribution in [0, 0.1) is 5.41 Å². The second-order valence-corrected chi connectivity index (χ2v) is 7.80. The van der Waals surface area contributed by atoms with Gasteiger partial charge in [-0.2, -0.15) is 0 Å². The van der Waals surface area contributed by atoms with Crippen molar-refractivity contribution in [3.63, 3.8) is 0 Å². The number of aliphatic carboxylic acids is 1. The lowest BCUT2D eigenvalue weighted by Gasteiger charge is -2.19. The van der Waals surface area contributed by atoms with Crippen LogP contribution in [-0.2, 0) is 15.0 Å². The molecule has 0 unspecified atom stereocenters. The van der Waals surface area contributed by atoms with E-state index in [2.05, 4.69) is 31.4 Å². The quantitative estimate of drug-likeness (QED) is 0.705. The van der Waals surface area contributed by atoms with E-state index in [4.69, 9.17) is 5.11 Å². The first-order valence-corrected chi connectivity index (χ1v) is 8.32. The maximum absolute atomic E-state index is 12.1. The van der Waals surface area contributed by atoms with Crippen LogP contribution in [0.1, 0.15) is 57.0 Å². The molecule has 0 aliphatic rings. The number of carboxylic acids is 1. The van der Waals surface area contributed by atoms with E-state index in [-0.39, 0.29) is 30.3 Å². The molecule has 25 heavy (non-hydrogen) atoms. The second kappa shape index (κ2) is 8.14. The number of carbonyl (C=O) groups excluding carboxylic acids is 2. The van der Waals surface area contributed by atoms with Gasteiger partial charge in [0, 0.05) is 12.1 Å². The summed E-state index contributed by atoms with van der Waals surface area (Å²) in [5.74, 6) is -1.57. The molecule has 0 fully saturated rings. The largest absolute Gasteiger partial charge is 0.481 e. The molecule has 0 bridgehead atoms. The van der Waals surface area contributed by atoms with Crippen molar-refractivity contribution in [1.29, 1.82) is 0 Å². The summed E-state index contributed by atoms with van der Waals surface area (Å²) in [7, 11) is 0. The molecule has 0 radical (unpaired) electrons. The van der Waals surface area contributed by atoms with Gasteiger partial charge in [0.2, 0.25) is 5.91 Å². The van der Waals surface area contributed by atoms with Crippen LogP contribution in [0.25, 0.3) is 0 Å². The van der Waals surface area contributed by atoms with Gasteiger partial charge in [0.15, 0.2) is 0 Å². The lowest BCUT2D eigenvalue weighted by molar-refractivity contribution is -0.147. The number of carbonyl (C=O) groups is 3. The van der Waals surface area contributed by atoms with Crippen LogP contribution >= 0.6 is 0 Å². The van der Waals surface area contributed by atoms with E-state index in [0.29, 0.717) is 12.0 Å². The Labute approximate surface area is 149 Å². The lowest BCUT2D eigenvalue weighted by atomic mass is 9.87. The van der Waals surface area contributed by atoms with E-state index in [0.717, 1.165) is 5.56 Å². The highest BCUT2D eigenvalue weighted by atomic mass is 16.4. The van der Waals surface area contributed by atoms with Crippen molar-refractivity contribution >= 4 is 17.8 Å². The van der Waals surface area contributed by atoms with E-state index < -0.39 is 11.4 Å². The van der Waals surface area contributed by atoms with Gasteiger partial charge in [0.05, 0.1) is 12.0 Å². The van der Waals surface area contributed by atoms with Crippen molar-refractivity contribution in [3.05, 3.63) is 35.4 Å². The van der Waals surface area contributed by atoms with Crippen LogP contribution in [0.5, 0.6) is 0 Å². The molecule has 0 spiro atoms. The van der Waals surface area contributed by atoms with Crippen molar-refractivity contribution < 1.29 is 19.5 Å². The maximum atomic E-state index is 12.1. The molecule has 1 rings (SSSR count). The van der Waals surface area contributed by atoms with Gasteiger partial charge in [-0.3, -0.25) is 14.4 Å². The summed E-state index contributed by atoms with van der Waals surface area (Å²) in [5, 5.41) is 14.2. The van der Waals surface area contributed by atoms with Gasteiger partial charge in [-0.05, 0) is 43.4 Å². The van der Waals surface area contributed by atoms with Gasteiger partial charge in [0.25, 0.3) is 5.91 Å². The predicted molar refractivity (Wildman–Crippen MR) is 96.5 cm³/mol. The first-order valence-electron chi connectivity index (χ1n) is 8.32. The molecule has 138 valence electrons. The molecule has 0 aliphatic heterocycles. The van der Waals surface area contributed by atoms with E-state index in [1.807, 2.05) is 12.1 Å². The molecule has 0 aliphatic carbocycles. The molecular weight excluding hydrogens is 320 g/mol. The molecule has 0 atom stereocenters. The molecule has 0 aromatic heterocycles. The van der Waals surface area contributed by atoms with Crippen LogP contribution < -0.4 is 10.6 Å². The van der Waals surface area contributed by atoms with E-state index in [1.54, 1.807) is 26.0 Å². The summed E-state index contributed by atoms with van der Waals surface area (Å²) in [6, 6.07) is 7.29. The van der Waals surface area contributed by atoms with Crippen molar-refractivity contribution in [3.8, 4) is 0 Å². The van der Waals surface area contributed by atoms with Gasteiger partial charge in [-0.1, -0.05) is 32.9 Å². The first kappa shape index (κ1) is 20.7. The zero-order valence-electron chi connectivity index (χ0n) is 15.6. The molecule has 6 heteroatoms. The summed E-state index contributed by atoms with van der Waals surface area (Å²) in [5.41, 5.74) is 0.736. The van der Waals surface area contributed by atoms with E-state index >= 15 is 0 Å². The molecule has 1 aromatic carbocycles. The molecule has 3 N–H and O–H groups in total. The molecule has 0 saturated carbocycles. The highest BCUT2D eigenvalue weighted by molar-refractivity contribution is 5.96. The molecule has 6 nitrogen and oxygen atoms in total. The zero-order valence-corrected chi connectivity index (χ0v) is 15.6. The Kier molecular flexibility index (Phi) is 6.73. The predicted octanol–water partition coefficient (Wildman–Crippen LogP) is 2.33. The Bertz CT molecular complexity index is 628. The van der Waals surface area contributed by atoms with Crippen molar-refractivity contribution in [2.45, 2.75) is 46.5 Å². The average molecular weight is 348 g/mol. The Morgan fingerprint density at radius 1 is 0.960 bits per heavy atom. The SMILES string of the molecule is CC(C)(CCNC(=O)CNC(=O)c1ccc(C(C)(C)C)cc1)C(=O)O. The molecule has 0 heterocycles. The van der Waals surface area contributed by atoms with Crippen LogP contribution in [0.15, 0.2) is 24.3 Å². The fraction of sp³-hybridized carbons (Fsp3) is 0.526. The number of amides is 2. The van der Waals surface area contributed by atoms with Gasteiger partial charge in [0.1, 0.15) is 0 Å². The fourth-order valence-corrected chi connectivity index (χ4v) is 2.07. The third kappa shape index (κ3) is 6.57. The van der Waals surface area contributed by atoms with Crippen LogP contribution in [0.4, 0.5) is 0 Å². The van der Waals surface area contributed by atoms with Gasteiger partial charge in [-0.25, -0.2) is 0 Å². The number of rotatable bonds is 7. The fourth-order valence-electron chi connectivity index (χ4n) is 2.07. The van der Waals surface area contributed by atoms with Crippen molar-refractivity contribution in [2.75, 3.05) is 13.1 Å². The van der Waals surface area contributed by atoms with E-state index in [9.17, 15) is 14.4 Å². The Morgan fingerprint density at radius 2 is 1.52 bits per heavy atom. The van der Waals surface area contributed by atoms with Crippen LogP contribution in [-0.4, -0.2) is 36.0 Å². The minimum absolute atomic E-state index is 0.0125. The number of carboxylic acid groups (broad SMARTS) is 1. The maximum Gasteiger partial charge on any atom is 0.309 e. The normalized spacial score (nSPS) is 11.7. The van der Waals surface area contributed by atoms with Crippen molar-refractivity contribution in [2.24, 2.45) is 5.41 Å². The monoisotopic (exact) mass is 348 g/mol. The minimum atomic E-state index is -0.909. The molecule has 0 saturated heterocycles. The van der Waals surface area contributed by atoms with Gasteiger partial charge in [-0.15, -0.1) is 0 Å². The summed E-state index contributed by atoms with van der Waals surface area (Å²) in [6.07, 6.45) is 0.316. The topological polar surface area (TPSA) is 95.5 Å². The highest BCUT2D eigenvalue weighted by Gasteiger charge is 2.26. The van der Waals surface area contributed by atoms with Gasteiger partial charge >= 0.3 is 5.97 Å². The smallest absolute Gasteiger partial charge is 0.309 e. The average Bonchev–Trinajstić information content (AvgIpc) is 2.51. The highest BCUT2D eigenvalue weighted by Crippen LogP contribution is 2.22. The number of hydrogen-bond donors (Lipinski definition) is 3. The lowest BCUT2D eigenvalue weighted by Crippen LogP contribution is -2.39. The minimum Gasteiger partial charge on any atom is -0.481 e. The third-order valence-corrected chi connectivity index (χ3v) is 4.07. The summed E-state index contributed by atoms with van der Waals surface area (Å²) in [6.45, 7) is 9.59. The molecule has 1 aromatic rings. The van der Waals surface area contributed by atoms with Gasteiger partial charge < -0.3 is 15.7 Å². The Morgan fingerprint density at radius 3 is 2.00 bits per heavy atom. The Hall–Kier alpha value is -2.37. The number of benzene rings is 1. The van der Waals surface area contributed by atoms with Crippen molar-refractivity contribution in [1.82, 2.24) is 10.6 Å². The van der Waals surface area contributed by atoms with Crippen LogP contribution in [0.3, 0.4) is 0 Å². The Balaban J connectivity index is 2.43. The number of nitrogens with one attached hydrogen (secondary N) is 2. The second-order valence-electron chi connectivity index (χ2n) is 7.80. The molecular formula is C19H28N2O4. The molecule has 2 amide bonds. The standard InChI is InChI=1S/C19H28N2O4/c1-18(2,3)14-8-6-13(7-9-14)16(23)21-12-15(22)20-11-10-19(4,5)17(24)25/h6-9H,10-12H2,1-5H3,(H,20,22)(H,21,23)(H,24,25). The third-order valence-electron chi connectivity index (χ3n) is 4.07. The summed E-state index contributed by atoms with van der Waals surface area (Å²) < 4.78 is 0. The zero-order chi connectivity index (χ0) is 19.3. The van der Waals surface area contributed by atoms with Crippen LogP contribution in [0.2, 0.25) is 0 Å². The first-order chi connectivity index (χ1) is 11.4. The van der Waals surface area contributed by atoms with E-state index in [1.165, 1.54) is 0 Å². The summed E-state index contributed by atoms with van der Waals surface area (Å²) in [4.78, 5) is 34.8.